The molecule has 2 heterocycles. The first kappa shape index (κ1) is 61.8. The molecule has 13 nitrogen and oxygen atoms in total. The van der Waals surface area contributed by atoms with E-state index in [1.807, 2.05) is 9.80 Å². The van der Waals surface area contributed by atoms with Gasteiger partial charge >= 0.3 is 5.22 Å². The van der Waals surface area contributed by atoms with Crippen LogP contribution in [0.15, 0.2) is 33.9 Å². The molecule has 1 saturated heterocycles. The van der Waals surface area contributed by atoms with Gasteiger partial charge in [-0.3, -0.25) is 14.4 Å². The van der Waals surface area contributed by atoms with Crippen LogP contribution in [-0.4, -0.2) is 105 Å². The highest BCUT2D eigenvalue weighted by atomic mass is 32.2. The van der Waals surface area contributed by atoms with Gasteiger partial charge in [0.25, 0.3) is 0 Å². The molecule has 0 radical (unpaired) electrons. The van der Waals surface area contributed by atoms with Crippen molar-refractivity contribution in [2.24, 2.45) is 16.7 Å². The third-order valence-electron chi connectivity index (χ3n) is 13.8. The lowest BCUT2D eigenvalue weighted by atomic mass is 9.93. The van der Waals surface area contributed by atoms with Crippen molar-refractivity contribution in [3.8, 4) is 17.2 Å². The standard InChI is InChI=1S/C57H99N5O8S/c1-8-10-12-14-16-18-20-22-24-26-28-30-32-34-51(63)61-40-41-62(52(64)35-33-31-29-27-25-23-21-19-17-15-13-11-9-2)43-49(42-61)53(65)58-44-56(3,4)45-68-46-57(5,6)47-69-50-38-36-48(37-39-50)54-59-60-55(70-54)71(7,66)67/h36-39,49H,8-35,40-47H2,1-7H3,(H,58,65). The van der Waals surface area contributed by atoms with Crippen molar-refractivity contribution >= 4 is 27.6 Å². The maximum atomic E-state index is 14.0. The molecule has 1 aliphatic heterocycles. The van der Waals surface area contributed by atoms with Gasteiger partial charge in [-0.1, -0.05) is 201 Å². The number of nitrogens with zero attached hydrogens (tertiary/aromatic N) is 4. The first-order valence-corrected chi connectivity index (χ1v) is 30.1. The summed E-state index contributed by atoms with van der Waals surface area (Å²) >= 11 is 0. The number of hydrogen-bond acceptors (Lipinski definition) is 10. The molecule has 0 unspecified atom stereocenters. The SMILES string of the molecule is CCCCCCCCCCCCCCCC(=O)N1CCN(C(=O)CCCCCCCCCCCCCCC)CC(C(=O)NCC(C)(C)COCC(C)(C)COc2ccc(-c3nnc(S(C)(=O)=O)o3)cc2)C1. The number of carbonyl (C=O) groups excluding carboxylic acids is 3. The van der Waals surface area contributed by atoms with Crippen LogP contribution in [0, 0.1) is 16.7 Å². The summed E-state index contributed by atoms with van der Waals surface area (Å²) in [5, 5.41) is 10.2. The number of rotatable bonds is 40. The van der Waals surface area contributed by atoms with Crippen LogP contribution in [0.4, 0.5) is 0 Å². The van der Waals surface area contributed by atoms with Gasteiger partial charge in [-0.15, -0.1) is 5.10 Å². The lowest BCUT2D eigenvalue weighted by molar-refractivity contribution is -0.133. The van der Waals surface area contributed by atoms with Gasteiger partial charge in [0.15, 0.2) is 0 Å². The highest BCUT2D eigenvalue weighted by Crippen LogP contribution is 2.26. The third-order valence-corrected chi connectivity index (χ3v) is 14.6. The molecule has 1 aliphatic rings. The predicted octanol–water partition coefficient (Wildman–Crippen LogP) is 13.0. The lowest BCUT2D eigenvalue weighted by Gasteiger charge is -2.30. The third kappa shape index (κ3) is 27.4. The Bertz CT molecular complexity index is 1810. The maximum absolute atomic E-state index is 14.0. The second kappa shape index (κ2) is 34.8. The fourth-order valence-corrected chi connectivity index (χ4v) is 9.57. The van der Waals surface area contributed by atoms with Gasteiger partial charge in [0.05, 0.1) is 25.7 Å². The normalized spacial score (nSPS) is 14.0. The summed E-state index contributed by atoms with van der Waals surface area (Å²) in [6.07, 6.45) is 34.6. The molecule has 3 amide bonds. The summed E-state index contributed by atoms with van der Waals surface area (Å²) in [5.74, 6) is 0.268. The van der Waals surface area contributed by atoms with Gasteiger partial charge in [0.2, 0.25) is 33.4 Å². The van der Waals surface area contributed by atoms with Crippen LogP contribution in [0.1, 0.15) is 221 Å². The molecule has 406 valence electrons. The summed E-state index contributed by atoms with van der Waals surface area (Å²) in [6, 6.07) is 7.00. The zero-order valence-corrected chi connectivity index (χ0v) is 46.6. The topological polar surface area (TPSA) is 161 Å². The van der Waals surface area contributed by atoms with E-state index in [4.69, 9.17) is 13.9 Å². The van der Waals surface area contributed by atoms with E-state index in [9.17, 15) is 22.8 Å². The fourth-order valence-electron chi connectivity index (χ4n) is 9.15. The van der Waals surface area contributed by atoms with Crippen LogP contribution in [0.2, 0.25) is 0 Å². The van der Waals surface area contributed by atoms with E-state index >= 15 is 0 Å². The minimum Gasteiger partial charge on any atom is -0.493 e. The van der Waals surface area contributed by atoms with Gasteiger partial charge in [-0.25, -0.2) is 8.42 Å². The molecule has 0 atom stereocenters. The Morgan fingerprint density at radius 2 is 1.01 bits per heavy atom. The van der Waals surface area contributed by atoms with Crippen LogP contribution in [0.25, 0.3) is 11.5 Å². The van der Waals surface area contributed by atoms with Crippen molar-refractivity contribution in [3.63, 3.8) is 0 Å². The van der Waals surface area contributed by atoms with Gasteiger partial charge in [-0.2, -0.15) is 0 Å². The Balaban J connectivity index is 1.45. The summed E-state index contributed by atoms with van der Waals surface area (Å²) in [7, 11) is -3.60. The Hall–Kier alpha value is -3.52. The first-order chi connectivity index (χ1) is 34.0. The number of carbonyl (C=O) groups is 3. The van der Waals surface area contributed by atoms with Gasteiger partial charge < -0.3 is 29.0 Å². The lowest BCUT2D eigenvalue weighted by Crippen LogP contribution is -2.46. The Kier molecular flexibility index (Phi) is 30.3. The van der Waals surface area contributed by atoms with E-state index in [0.29, 0.717) is 76.7 Å². The fraction of sp³-hybridized carbons (Fsp3) is 0.807. The predicted molar refractivity (Wildman–Crippen MR) is 287 cm³/mol. The molecule has 3 rings (SSSR count). The monoisotopic (exact) mass is 1010 g/mol. The van der Waals surface area contributed by atoms with E-state index in [-0.39, 0.29) is 34.4 Å². The second-order valence-corrected chi connectivity index (χ2v) is 24.3. The van der Waals surface area contributed by atoms with Crippen LogP contribution in [0.3, 0.4) is 0 Å². The van der Waals surface area contributed by atoms with Gasteiger partial charge in [-0.05, 0) is 37.1 Å². The largest absolute Gasteiger partial charge is 0.493 e. The Morgan fingerprint density at radius 3 is 1.42 bits per heavy atom. The molecular weight excluding hydrogens is 915 g/mol. The smallest absolute Gasteiger partial charge is 0.335 e. The average Bonchev–Trinajstić information content (AvgIpc) is 3.74. The number of sulfone groups is 1. The van der Waals surface area contributed by atoms with Crippen molar-refractivity contribution in [2.75, 3.05) is 58.8 Å². The summed E-state index contributed by atoms with van der Waals surface area (Å²) < 4.78 is 41.1. The molecular formula is C57H99N5O8S. The molecule has 0 aliphatic carbocycles. The molecule has 1 aromatic carbocycles. The average molecular weight is 1010 g/mol. The minimum absolute atomic E-state index is 0.0859. The number of nitrogens with one attached hydrogen (secondary N) is 1. The summed E-state index contributed by atoms with van der Waals surface area (Å²) in [4.78, 5) is 45.1. The molecule has 1 aromatic heterocycles. The van der Waals surface area contributed by atoms with E-state index in [0.717, 1.165) is 44.8 Å². The van der Waals surface area contributed by atoms with Crippen LogP contribution >= 0.6 is 0 Å². The number of ether oxygens (including phenoxy) is 2. The number of hydrogen-bond donors (Lipinski definition) is 1. The number of amides is 3. The van der Waals surface area contributed by atoms with E-state index in [1.54, 1.807) is 24.3 Å². The molecule has 1 N–H and O–H groups in total. The van der Waals surface area contributed by atoms with Crippen molar-refractivity contribution in [3.05, 3.63) is 24.3 Å². The minimum atomic E-state index is -3.60. The van der Waals surface area contributed by atoms with Crippen molar-refractivity contribution < 1.29 is 36.7 Å². The summed E-state index contributed by atoms with van der Waals surface area (Å²) in [6.45, 7) is 15.9. The quantitative estimate of drug-likeness (QED) is 0.0636. The molecule has 0 saturated carbocycles. The molecule has 0 spiro atoms. The van der Waals surface area contributed by atoms with Crippen molar-refractivity contribution in [2.45, 2.75) is 227 Å². The van der Waals surface area contributed by atoms with Gasteiger partial charge in [0, 0.05) is 68.2 Å². The van der Waals surface area contributed by atoms with E-state index < -0.39 is 21.0 Å². The second-order valence-electron chi connectivity index (χ2n) is 22.4. The highest BCUT2D eigenvalue weighted by Gasteiger charge is 2.33. The first-order valence-electron chi connectivity index (χ1n) is 28.2. The summed E-state index contributed by atoms with van der Waals surface area (Å²) in [5.41, 5.74) is -0.138. The van der Waals surface area contributed by atoms with Crippen LogP contribution < -0.4 is 10.1 Å². The Morgan fingerprint density at radius 1 is 0.606 bits per heavy atom. The zero-order valence-electron chi connectivity index (χ0n) is 45.8. The van der Waals surface area contributed by atoms with Crippen LogP contribution in [0.5, 0.6) is 5.75 Å². The van der Waals surface area contributed by atoms with E-state index in [1.165, 1.54) is 128 Å². The molecule has 14 heteroatoms. The molecule has 2 aromatic rings. The zero-order chi connectivity index (χ0) is 51.8. The van der Waals surface area contributed by atoms with E-state index in [2.05, 4.69) is 57.1 Å². The molecule has 1 fully saturated rings. The Labute approximate surface area is 431 Å². The van der Waals surface area contributed by atoms with Crippen LogP contribution in [-0.2, 0) is 29.0 Å². The highest BCUT2D eigenvalue weighted by molar-refractivity contribution is 7.90. The van der Waals surface area contributed by atoms with Gasteiger partial charge in [0.1, 0.15) is 5.75 Å². The molecule has 71 heavy (non-hydrogen) atoms. The van der Waals surface area contributed by atoms with Crippen molar-refractivity contribution in [1.29, 1.82) is 0 Å². The number of unbranched alkanes of at least 4 members (excludes halogenated alkanes) is 24. The van der Waals surface area contributed by atoms with Crippen molar-refractivity contribution in [1.82, 2.24) is 25.3 Å². The molecule has 0 bridgehead atoms. The number of aromatic nitrogens is 2. The maximum Gasteiger partial charge on any atom is 0.335 e. The number of benzene rings is 1.